The Labute approximate surface area is 190 Å². The number of alkyl halides is 4. The van der Waals surface area contributed by atoms with Crippen LogP contribution < -0.4 is 15.8 Å². The van der Waals surface area contributed by atoms with Crippen LogP contribution in [0.25, 0.3) is 0 Å². The first-order valence-corrected chi connectivity index (χ1v) is 10.2. The first-order valence-electron chi connectivity index (χ1n) is 10.2. The van der Waals surface area contributed by atoms with Crippen molar-refractivity contribution in [2.75, 3.05) is 12.2 Å². The average Bonchev–Trinajstić information content (AvgIpc) is 3.64. The molecule has 3 N–H and O–H groups in total. The number of anilines is 1. The summed E-state index contributed by atoms with van der Waals surface area (Å²) in [5.41, 5.74) is 2.86. The summed E-state index contributed by atoms with van der Waals surface area (Å²) in [6.45, 7) is 0.000503. The van der Waals surface area contributed by atoms with Gasteiger partial charge in [0, 0.05) is 17.2 Å². The number of hydrogen-bond acceptors (Lipinski definition) is 7. The SMILES string of the molecule is C[C@]1(c2cc(NC(=O)c3cnc(OCF)cn3)ccc2F)N=C(N)O[C@H](C(F)(F)C2CC2)[C@@H]1F. The summed E-state index contributed by atoms with van der Waals surface area (Å²) < 4.78 is 81.3. The van der Waals surface area contributed by atoms with E-state index in [-0.39, 0.29) is 30.1 Å². The van der Waals surface area contributed by atoms with Gasteiger partial charge in [-0.3, -0.25) is 4.79 Å². The molecule has 3 atom stereocenters. The molecule has 0 spiro atoms. The van der Waals surface area contributed by atoms with Crippen LogP contribution in [0.15, 0.2) is 35.6 Å². The van der Waals surface area contributed by atoms with E-state index in [1.54, 1.807) is 0 Å². The van der Waals surface area contributed by atoms with E-state index >= 15 is 4.39 Å². The predicted molar refractivity (Wildman–Crippen MR) is 109 cm³/mol. The highest BCUT2D eigenvalue weighted by Gasteiger charge is 2.62. The molecule has 1 saturated carbocycles. The van der Waals surface area contributed by atoms with Crippen molar-refractivity contribution < 1.29 is 36.2 Å². The number of hydrogen-bond donors (Lipinski definition) is 2. The Bertz CT molecular complexity index is 1110. The fourth-order valence-electron chi connectivity index (χ4n) is 3.73. The lowest BCUT2D eigenvalue weighted by Gasteiger charge is -2.41. The molecule has 2 aromatic rings. The minimum absolute atomic E-state index is 0.00600. The Morgan fingerprint density at radius 3 is 2.68 bits per heavy atom. The van der Waals surface area contributed by atoms with Crippen LogP contribution in [0.4, 0.5) is 27.6 Å². The summed E-state index contributed by atoms with van der Waals surface area (Å²) in [6.07, 6.45) is -2.21. The number of nitrogens with two attached hydrogens (primary N) is 1. The third-order valence-electron chi connectivity index (χ3n) is 5.73. The van der Waals surface area contributed by atoms with Gasteiger partial charge in [-0.1, -0.05) is 0 Å². The van der Waals surface area contributed by atoms with E-state index in [4.69, 9.17) is 10.5 Å². The van der Waals surface area contributed by atoms with Crippen LogP contribution in [0.3, 0.4) is 0 Å². The zero-order valence-electron chi connectivity index (χ0n) is 17.8. The molecule has 0 radical (unpaired) electrons. The van der Waals surface area contributed by atoms with Crippen molar-refractivity contribution in [3.05, 3.63) is 47.7 Å². The minimum Gasteiger partial charge on any atom is -0.452 e. The van der Waals surface area contributed by atoms with E-state index in [2.05, 4.69) is 25.0 Å². The number of benzene rings is 1. The van der Waals surface area contributed by atoms with Crippen molar-refractivity contribution in [2.24, 2.45) is 16.6 Å². The summed E-state index contributed by atoms with van der Waals surface area (Å²) in [7, 11) is 0. The lowest BCUT2D eigenvalue weighted by molar-refractivity contribution is -0.161. The normalized spacial score (nSPS) is 24.7. The first kappa shape index (κ1) is 23.6. The van der Waals surface area contributed by atoms with Crippen LogP contribution in [0, 0.1) is 11.7 Å². The number of amidine groups is 1. The van der Waals surface area contributed by atoms with Gasteiger partial charge >= 0.3 is 0 Å². The van der Waals surface area contributed by atoms with Crippen LogP contribution in [0.2, 0.25) is 0 Å². The van der Waals surface area contributed by atoms with Crippen LogP contribution in [-0.2, 0) is 10.3 Å². The summed E-state index contributed by atoms with van der Waals surface area (Å²) in [4.78, 5) is 23.8. The Hall–Kier alpha value is -3.51. The Kier molecular flexibility index (Phi) is 6.04. The highest BCUT2D eigenvalue weighted by Crippen LogP contribution is 2.51. The number of carbonyl (C=O) groups is 1. The van der Waals surface area contributed by atoms with E-state index in [1.807, 2.05) is 0 Å². The Balaban J connectivity index is 1.61. The highest BCUT2D eigenvalue weighted by atomic mass is 19.3. The Morgan fingerprint density at radius 2 is 2.06 bits per heavy atom. The van der Waals surface area contributed by atoms with Crippen molar-refractivity contribution in [1.29, 1.82) is 0 Å². The van der Waals surface area contributed by atoms with Gasteiger partial charge in [0.2, 0.25) is 12.7 Å². The molecule has 34 heavy (non-hydrogen) atoms. The van der Waals surface area contributed by atoms with Gasteiger partial charge in [0.15, 0.2) is 12.3 Å². The number of carbonyl (C=O) groups excluding carboxylic acids is 1. The van der Waals surface area contributed by atoms with Crippen LogP contribution in [0.1, 0.15) is 35.8 Å². The maximum Gasteiger partial charge on any atom is 0.290 e. The largest absolute Gasteiger partial charge is 0.452 e. The number of halogens is 5. The van der Waals surface area contributed by atoms with Crippen molar-refractivity contribution in [3.63, 3.8) is 0 Å². The second-order valence-electron chi connectivity index (χ2n) is 8.13. The van der Waals surface area contributed by atoms with Crippen molar-refractivity contribution in [3.8, 4) is 5.88 Å². The molecule has 182 valence electrons. The summed E-state index contributed by atoms with van der Waals surface area (Å²) in [5.74, 6) is -6.43. The second-order valence-corrected chi connectivity index (χ2v) is 8.13. The molecule has 1 amide bonds. The molecule has 0 bridgehead atoms. The van der Waals surface area contributed by atoms with Crippen molar-refractivity contribution in [2.45, 2.75) is 43.5 Å². The molecule has 1 fully saturated rings. The number of amides is 1. The fourth-order valence-corrected chi connectivity index (χ4v) is 3.73. The molecule has 4 rings (SSSR count). The second kappa shape index (κ2) is 8.69. The van der Waals surface area contributed by atoms with Gasteiger partial charge < -0.3 is 20.5 Å². The smallest absolute Gasteiger partial charge is 0.290 e. The maximum atomic E-state index is 15.5. The molecular weight excluding hydrogens is 465 g/mol. The van der Waals surface area contributed by atoms with E-state index < -0.39 is 59.8 Å². The maximum absolute atomic E-state index is 15.5. The zero-order valence-corrected chi connectivity index (χ0v) is 17.8. The third-order valence-corrected chi connectivity index (χ3v) is 5.73. The number of nitrogens with one attached hydrogen (secondary N) is 1. The summed E-state index contributed by atoms with van der Waals surface area (Å²) in [5, 5.41) is 2.42. The molecular formula is C21H20F5N5O3. The lowest BCUT2D eigenvalue weighted by atomic mass is 9.81. The predicted octanol–water partition coefficient (Wildman–Crippen LogP) is 3.49. The third kappa shape index (κ3) is 4.33. The molecule has 13 heteroatoms. The molecule has 0 unspecified atom stereocenters. The number of nitrogens with zero attached hydrogens (tertiary/aromatic N) is 3. The zero-order chi connectivity index (χ0) is 24.7. The minimum atomic E-state index is -3.53. The monoisotopic (exact) mass is 485 g/mol. The van der Waals surface area contributed by atoms with E-state index in [0.717, 1.165) is 31.5 Å². The van der Waals surface area contributed by atoms with Gasteiger partial charge in [-0.2, -0.15) is 0 Å². The summed E-state index contributed by atoms with van der Waals surface area (Å²) >= 11 is 0. The van der Waals surface area contributed by atoms with E-state index in [1.165, 1.54) is 6.07 Å². The van der Waals surface area contributed by atoms with Gasteiger partial charge in [0.1, 0.15) is 17.1 Å². The molecule has 1 aromatic carbocycles. The van der Waals surface area contributed by atoms with Crippen molar-refractivity contribution in [1.82, 2.24) is 9.97 Å². The van der Waals surface area contributed by atoms with Crippen LogP contribution in [-0.4, -0.2) is 47.0 Å². The number of ether oxygens (including phenoxy) is 2. The molecule has 8 nitrogen and oxygen atoms in total. The van der Waals surface area contributed by atoms with Gasteiger partial charge in [0.25, 0.3) is 17.9 Å². The number of rotatable bonds is 7. The average molecular weight is 485 g/mol. The molecule has 2 heterocycles. The van der Waals surface area contributed by atoms with Gasteiger partial charge in [0.05, 0.1) is 12.4 Å². The summed E-state index contributed by atoms with van der Waals surface area (Å²) in [6, 6.07) is 2.50. The van der Waals surface area contributed by atoms with Crippen molar-refractivity contribution >= 4 is 17.6 Å². The van der Waals surface area contributed by atoms with Crippen LogP contribution >= 0.6 is 0 Å². The standard InChI is InChI=1S/C21H20F5N5O3/c1-20(16(24)17(34-19(27)31-20)21(25,26)10-2-3-10)12-6-11(4-5-13(12)23)30-18(32)14-7-29-15(8-28-14)33-9-22/h4-8,10,16-17H,2-3,9H2,1H3,(H2,27,31)(H,30,32)/t16-,17-,20+/m0/s1. The topological polar surface area (TPSA) is 112 Å². The Morgan fingerprint density at radius 1 is 1.32 bits per heavy atom. The van der Waals surface area contributed by atoms with E-state index in [0.29, 0.717) is 0 Å². The van der Waals surface area contributed by atoms with Gasteiger partial charge in [-0.25, -0.2) is 36.9 Å². The van der Waals surface area contributed by atoms with Gasteiger partial charge in [-0.15, -0.1) is 0 Å². The molecule has 0 saturated heterocycles. The first-order chi connectivity index (χ1) is 16.1. The lowest BCUT2D eigenvalue weighted by Crippen LogP contribution is -2.57. The fraction of sp³-hybridized carbons (Fsp3) is 0.429. The van der Waals surface area contributed by atoms with E-state index in [9.17, 15) is 22.4 Å². The highest BCUT2D eigenvalue weighted by molar-refractivity contribution is 6.02. The molecule has 1 aliphatic heterocycles. The molecule has 1 aliphatic carbocycles. The van der Waals surface area contributed by atoms with Gasteiger partial charge in [-0.05, 0) is 38.0 Å². The quantitative estimate of drug-likeness (QED) is 0.581. The van der Waals surface area contributed by atoms with Crippen LogP contribution in [0.5, 0.6) is 5.88 Å². The molecule has 2 aliphatic rings. The number of aromatic nitrogens is 2. The number of aliphatic imine (C=N–C) groups is 1. The molecule has 1 aromatic heterocycles.